The maximum Gasteiger partial charge on any atom is 0.417 e. The molecule has 146 valence electrons. The average molecular weight is 401 g/mol. The normalized spacial score (nSPS) is 11.6. The third kappa shape index (κ3) is 3.66. The van der Waals surface area contributed by atoms with Gasteiger partial charge in [0.25, 0.3) is 5.91 Å². The lowest BCUT2D eigenvalue weighted by Crippen LogP contribution is -2.13. The first-order valence-corrected chi connectivity index (χ1v) is 8.32. The third-order valence-electron chi connectivity index (χ3n) is 4.09. The zero-order valence-corrected chi connectivity index (χ0v) is 14.5. The fourth-order valence-corrected chi connectivity index (χ4v) is 2.81. The summed E-state index contributed by atoms with van der Waals surface area (Å²) < 4.78 is 59.0. The lowest BCUT2D eigenvalue weighted by atomic mass is 10.1. The number of carbonyl (C=O) groups is 1. The summed E-state index contributed by atoms with van der Waals surface area (Å²) in [4.78, 5) is 20.6. The maximum absolute atomic E-state index is 13.6. The lowest BCUT2D eigenvalue weighted by molar-refractivity contribution is -0.137. The number of rotatable bonds is 3. The number of pyridine rings is 1. The number of nitrogens with zero attached hydrogens (tertiary/aromatic N) is 2. The number of alkyl halides is 3. The quantitative estimate of drug-likeness (QED) is 0.473. The molecule has 1 amide bonds. The number of carbonyl (C=O) groups excluding carboxylic acids is 1. The van der Waals surface area contributed by atoms with Crippen LogP contribution < -0.4 is 5.32 Å². The van der Waals surface area contributed by atoms with Crippen LogP contribution in [0, 0.1) is 5.82 Å². The zero-order chi connectivity index (χ0) is 20.6. The van der Waals surface area contributed by atoms with E-state index in [0.717, 1.165) is 0 Å². The lowest BCUT2D eigenvalue weighted by Gasteiger charge is -2.10. The van der Waals surface area contributed by atoms with E-state index in [-0.39, 0.29) is 16.7 Å². The van der Waals surface area contributed by atoms with Gasteiger partial charge in [-0.25, -0.2) is 14.4 Å². The Morgan fingerprint density at radius 2 is 1.86 bits per heavy atom. The Hall–Kier alpha value is -3.75. The van der Waals surface area contributed by atoms with Crippen LogP contribution >= 0.6 is 0 Å². The van der Waals surface area contributed by atoms with Crippen LogP contribution in [0.15, 0.2) is 65.2 Å². The molecule has 9 heteroatoms. The number of nitrogens with one attached hydrogen (secondary N) is 1. The Kier molecular flexibility index (Phi) is 4.50. The Balaban J connectivity index is 1.80. The molecule has 2 aromatic heterocycles. The van der Waals surface area contributed by atoms with E-state index in [1.165, 1.54) is 24.4 Å². The summed E-state index contributed by atoms with van der Waals surface area (Å²) in [5.74, 6) is -1.58. The van der Waals surface area contributed by atoms with Gasteiger partial charge in [-0.1, -0.05) is 12.1 Å². The van der Waals surface area contributed by atoms with E-state index >= 15 is 0 Å². The minimum Gasteiger partial charge on any atom is -0.436 e. The summed E-state index contributed by atoms with van der Waals surface area (Å²) >= 11 is 0. The van der Waals surface area contributed by atoms with Gasteiger partial charge in [-0.05, 0) is 42.5 Å². The molecule has 0 radical (unpaired) electrons. The number of hydrogen-bond acceptors (Lipinski definition) is 4. The van der Waals surface area contributed by atoms with Gasteiger partial charge in [-0.15, -0.1) is 0 Å². The molecule has 0 saturated carbocycles. The predicted molar refractivity (Wildman–Crippen MR) is 96.6 cm³/mol. The van der Waals surface area contributed by atoms with Gasteiger partial charge in [-0.2, -0.15) is 13.2 Å². The van der Waals surface area contributed by atoms with Crippen molar-refractivity contribution in [1.82, 2.24) is 9.97 Å². The molecule has 4 rings (SSSR count). The highest BCUT2D eigenvalue weighted by Crippen LogP contribution is 2.38. The van der Waals surface area contributed by atoms with Crippen molar-refractivity contribution < 1.29 is 26.8 Å². The van der Waals surface area contributed by atoms with Crippen molar-refractivity contribution in [2.75, 3.05) is 5.32 Å². The van der Waals surface area contributed by atoms with Crippen LogP contribution in [0.25, 0.3) is 22.6 Å². The topological polar surface area (TPSA) is 68.0 Å². The van der Waals surface area contributed by atoms with Crippen LogP contribution in [0.4, 0.5) is 23.4 Å². The van der Waals surface area contributed by atoms with Crippen LogP contribution in [0.2, 0.25) is 0 Å². The Morgan fingerprint density at radius 3 is 2.59 bits per heavy atom. The number of halogens is 4. The standard InChI is InChI=1S/C20H11F4N3O2/c21-11-7-8-14(20(22,23)24)13(10-11)19-27-17-12(4-3-5-15(17)29-19)18(28)26-16-6-1-2-9-25-16/h1-10H,(H,25,26,28). The molecule has 0 atom stereocenters. The largest absolute Gasteiger partial charge is 0.436 e. The van der Waals surface area contributed by atoms with E-state index in [1.54, 1.807) is 18.2 Å². The van der Waals surface area contributed by atoms with E-state index in [0.29, 0.717) is 24.0 Å². The second-order valence-electron chi connectivity index (χ2n) is 6.03. The van der Waals surface area contributed by atoms with Crippen molar-refractivity contribution in [3.05, 3.63) is 77.7 Å². The van der Waals surface area contributed by atoms with Gasteiger partial charge in [0.2, 0.25) is 5.89 Å². The van der Waals surface area contributed by atoms with E-state index < -0.39 is 34.9 Å². The number of para-hydroxylation sites is 1. The number of hydrogen-bond donors (Lipinski definition) is 1. The van der Waals surface area contributed by atoms with E-state index in [4.69, 9.17) is 4.42 Å². The van der Waals surface area contributed by atoms with Crippen molar-refractivity contribution in [3.63, 3.8) is 0 Å². The molecule has 0 aliphatic rings. The van der Waals surface area contributed by atoms with Crippen molar-refractivity contribution in [2.24, 2.45) is 0 Å². The first kappa shape index (κ1) is 18.6. The second kappa shape index (κ2) is 7.01. The Morgan fingerprint density at radius 1 is 1.03 bits per heavy atom. The van der Waals surface area contributed by atoms with Gasteiger partial charge in [-0.3, -0.25) is 4.79 Å². The highest BCUT2D eigenvalue weighted by Gasteiger charge is 2.35. The molecule has 0 unspecified atom stereocenters. The number of aromatic nitrogens is 2. The van der Waals surface area contributed by atoms with Crippen molar-refractivity contribution >= 4 is 22.8 Å². The first-order chi connectivity index (χ1) is 13.8. The highest BCUT2D eigenvalue weighted by molar-refractivity contribution is 6.11. The summed E-state index contributed by atoms with van der Waals surface area (Å²) in [6.07, 6.45) is -3.24. The van der Waals surface area contributed by atoms with Gasteiger partial charge < -0.3 is 9.73 Å². The minimum atomic E-state index is -4.73. The Bertz CT molecular complexity index is 1200. The number of anilines is 1. The number of amides is 1. The molecule has 4 aromatic rings. The van der Waals surface area contributed by atoms with Crippen molar-refractivity contribution in [2.45, 2.75) is 6.18 Å². The Labute approximate surface area is 161 Å². The zero-order valence-electron chi connectivity index (χ0n) is 14.5. The van der Waals surface area contributed by atoms with Crippen molar-refractivity contribution in [1.29, 1.82) is 0 Å². The predicted octanol–water partition coefficient (Wildman–Crippen LogP) is 5.30. The molecule has 0 aliphatic heterocycles. The van der Waals surface area contributed by atoms with E-state index in [1.807, 2.05) is 0 Å². The van der Waals surface area contributed by atoms with Crippen LogP contribution in [0.3, 0.4) is 0 Å². The molecular formula is C20H11F4N3O2. The minimum absolute atomic E-state index is 0.0494. The smallest absolute Gasteiger partial charge is 0.417 e. The molecule has 0 fully saturated rings. The second-order valence-corrected chi connectivity index (χ2v) is 6.03. The fraction of sp³-hybridized carbons (Fsp3) is 0.0500. The summed E-state index contributed by atoms with van der Waals surface area (Å²) in [5.41, 5.74) is -1.43. The summed E-state index contributed by atoms with van der Waals surface area (Å²) in [5, 5.41) is 2.57. The van der Waals surface area contributed by atoms with Gasteiger partial charge in [0.15, 0.2) is 5.58 Å². The first-order valence-electron chi connectivity index (χ1n) is 8.32. The summed E-state index contributed by atoms with van der Waals surface area (Å²) in [7, 11) is 0. The molecule has 5 nitrogen and oxygen atoms in total. The van der Waals surface area contributed by atoms with Crippen LogP contribution in [0.1, 0.15) is 15.9 Å². The number of oxazole rings is 1. The summed E-state index contributed by atoms with van der Waals surface area (Å²) in [6.45, 7) is 0. The third-order valence-corrected chi connectivity index (χ3v) is 4.09. The molecule has 0 bridgehead atoms. The van der Waals surface area contributed by atoms with Crippen LogP contribution in [0.5, 0.6) is 0 Å². The molecule has 2 heterocycles. The van der Waals surface area contributed by atoms with Crippen LogP contribution in [-0.2, 0) is 6.18 Å². The van der Waals surface area contributed by atoms with Gasteiger partial charge in [0.05, 0.1) is 16.7 Å². The van der Waals surface area contributed by atoms with E-state index in [9.17, 15) is 22.4 Å². The van der Waals surface area contributed by atoms with Gasteiger partial charge >= 0.3 is 6.18 Å². The number of fused-ring (bicyclic) bond motifs is 1. The SMILES string of the molecule is O=C(Nc1ccccn1)c1cccc2oc(-c3cc(F)ccc3C(F)(F)F)nc12. The maximum atomic E-state index is 13.6. The summed E-state index contributed by atoms with van der Waals surface area (Å²) in [6, 6.07) is 11.4. The average Bonchev–Trinajstić information content (AvgIpc) is 3.12. The van der Waals surface area contributed by atoms with Crippen LogP contribution in [-0.4, -0.2) is 15.9 Å². The van der Waals surface area contributed by atoms with E-state index in [2.05, 4.69) is 15.3 Å². The molecule has 0 saturated heterocycles. The molecule has 1 N–H and O–H groups in total. The molecule has 0 aliphatic carbocycles. The molecule has 0 spiro atoms. The fourth-order valence-electron chi connectivity index (χ4n) is 2.81. The van der Waals surface area contributed by atoms with Crippen molar-refractivity contribution in [3.8, 4) is 11.5 Å². The number of benzene rings is 2. The monoisotopic (exact) mass is 401 g/mol. The molecule has 2 aromatic carbocycles. The van der Waals surface area contributed by atoms with Gasteiger partial charge in [0.1, 0.15) is 17.2 Å². The van der Waals surface area contributed by atoms with Gasteiger partial charge in [0, 0.05) is 6.20 Å². The molecule has 29 heavy (non-hydrogen) atoms. The highest BCUT2D eigenvalue weighted by atomic mass is 19.4. The molecular weight excluding hydrogens is 390 g/mol.